The zero-order valence-corrected chi connectivity index (χ0v) is 10.3. The van der Waals surface area contributed by atoms with E-state index in [1.54, 1.807) is 0 Å². The predicted molar refractivity (Wildman–Crippen MR) is 60.2 cm³/mol. The molecule has 1 aliphatic carbocycles. The first-order chi connectivity index (χ1) is 7.46. The molecule has 1 saturated heterocycles. The summed E-state index contributed by atoms with van der Waals surface area (Å²) in [5.74, 6) is 0.639. The Bertz CT molecular complexity index is 272. The van der Waals surface area contributed by atoms with Gasteiger partial charge in [0, 0.05) is 6.54 Å². The Morgan fingerprint density at radius 3 is 2.69 bits per heavy atom. The first-order valence-electron chi connectivity index (χ1n) is 6.08. The van der Waals surface area contributed by atoms with Crippen molar-refractivity contribution in [1.82, 2.24) is 5.32 Å². The number of carbonyl (C=O) groups excluding carboxylic acids is 1. The molecule has 2 fully saturated rings. The molecule has 0 radical (unpaired) electrons. The third kappa shape index (κ3) is 3.11. The number of hydrogen-bond acceptors (Lipinski definition) is 3. The van der Waals surface area contributed by atoms with Crippen LogP contribution in [0.3, 0.4) is 0 Å². The second kappa shape index (κ2) is 4.24. The SMILES string of the molecule is CC(C)(C)OC(=O)NCC[C@H]1CC[C@H]2O[C@@H]12. The summed E-state index contributed by atoms with van der Waals surface area (Å²) in [6.45, 7) is 6.29. The number of nitrogens with one attached hydrogen (secondary N) is 1. The first-order valence-corrected chi connectivity index (χ1v) is 6.08. The van der Waals surface area contributed by atoms with E-state index >= 15 is 0 Å². The topological polar surface area (TPSA) is 50.9 Å². The number of alkyl carbamates (subject to hydrolysis) is 1. The lowest BCUT2D eigenvalue weighted by atomic mass is 10.0. The van der Waals surface area contributed by atoms with E-state index in [2.05, 4.69) is 5.32 Å². The maximum absolute atomic E-state index is 11.4. The monoisotopic (exact) mass is 227 g/mol. The van der Waals surface area contributed by atoms with Crippen molar-refractivity contribution in [3.8, 4) is 0 Å². The van der Waals surface area contributed by atoms with Gasteiger partial charge in [-0.15, -0.1) is 0 Å². The summed E-state index contributed by atoms with van der Waals surface area (Å²) in [4.78, 5) is 11.4. The van der Waals surface area contributed by atoms with Crippen molar-refractivity contribution in [1.29, 1.82) is 0 Å². The zero-order chi connectivity index (χ0) is 11.8. The smallest absolute Gasteiger partial charge is 0.407 e. The van der Waals surface area contributed by atoms with Gasteiger partial charge >= 0.3 is 6.09 Å². The molecule has 0 aromatic rings. The maximum atomic E-state index is 11.4. The molecule has 0 bridgehead atoms. The summed E-state index contributed by atoms with van der Waals surface area (Å²) in [5, 5.41) is 2.79. The highest BCUT2D eigenvalue weighted by molar-refractivity contribution is 5.67. The molecule has 1 aliphatic heterocycles. The van der Waals surface area contributed by atoms with Crippen LogP contribution in [0.2, 0.25) is 0 Å². The lowest BCUT2D eigenvalue weighted by Gasteiger charge is -2.20. The molecule has 0 unspecified atom stereocenters. The third-order valence-electron chi connectivity index (χ3n) is 3.09. The minimum atomic E-state index is -0.415. The van der Waals surface area contributed by atoms with Gasteiger partial charge in [0.2, 0.25) is 0 Å². The molecule has 92 valence electrons. The Balaban J connectivity index is 1.59. The molecule has 3 atom stereocenters. The Morgan fingerprint density at radius 2 is 2.19 bits per heavy atom. The first kappa shape index (κ1) is 11.7. The summed E-state index contributed by atoms with van der Waals surface area (Å²) < 4.78 is 10.6. The fraction of sp³-hybridized carbons (Fsp3) is 0.917. The number of amides is 1. The molecule has 0 spiro atoms. The number of epoxide rings is 1. The third-order valence-corrected chi connectivity index (χ3v) is 3.09. The molecule has 2 rings (SSSR count). The summed E-state index contributed by atoms with van der Waals surface area (Å²) in [6.07, 6.45) is 4.14. The molecule has 4 heteroatoms. The number of rotatable bonds is 3. The van der Waals surface area contributed by atoms with Crippen LogP contribution in [0.5, 0.6) is 0 Å². The van der Waals surface area contributed by atoms with Crippen molar-refractivity contribution in [2.45, 2.75) is 57.8 Å². The van der Waals surface area contributed by atoms with E-state index < -0.39 is 5.60 Å². The van der Waals surface area contributed by atoms with E-state index in [9.17, 15) is 4.79 Å². The molecular formula is C12H21NO3. The number of hydrogen-bond donors (Lipinski definition) is 1. The highest BCUT2D eigenvalue weighted by Crippen LogP contribution is 2.44. The van der Waals surface area contributed by atoms with Crippen LogP contribution >= 0.6 is 0 Å². The molecule has 0 aromatic heterocycles. The van der Waals surface area contributed by atoms with Crippen LogP contribution in [0.25, 0.3) is 0 Å². The Labute approximate surface area is 96.7 Å². The van der Waals surface area contributed by atoms with Gasteiger partial charge in [0.1, 0.15) is 5.60 Å². The zero-order valence-electron chi connectivity index (χ0n) is 10.3. The molecule has 16 heavy (non-hydrogen) atoms. The van der Waals surface area contributed by atoms with Crippen LogP contribution in [0, 0.1) is 5.92 Å². The molecular weight excluding hydrogens is 206 g/mol. The summed E-state index contributed by atoms with van der Waals surface area (Å²) in [5.41, 5.74) is -0.415. The molecule has 1 heterocycles. The van der Waals surface area contributed by atoms with E-state index in [0.29, 0.717) is 24.7 Å². The number of ether oxygens (including phenoxy) is 2. The van der Waals surface area contributed by atoms with Crippen LogP contribution in [0.4, 0.5) is 4.79 Å². The van der Waals surface area contributed by atoms with E-state index in [-0.39, 0.29) is 6.09 Å². The molecule has 2 aliphatic rings. The minimum absolute atomic E-state index is 0.321. The Hall–Kier alpha value is -0.770. The maximum Gasteiger partial charge on any atom is 0.407 e. The van der Waals surface area contributed by atoms with Gasteiger partial charge < -0.3 is 14.8 Å². The van der Waals surface area contributed by atoms with Gasteiger partial charge in [0.05, 0.1) is 12.2 Å². The fourth-order valence-corrected chi connectivity index (χ4v) is 2.33. The number of fused-ring (bicyclic) bond motifs is 1. The predicted octanol–water partition coefficient (Wildman–Crippen LogP) is 2.08. The summed E-state index contributed by atoms with van der Waals surface area (Å²) in [6, 6.07) is 0. The lowest BCUT2D eigenvalue weighted by Crippen LogP contribution is -2.33. The highest BCUT2D eigenvalue weighted by Gasteiger charge is 2.49. The minimum Gasteiger partial charge on any atom is -0.444 e. The van der Waals surface area contributed by atoms with Gasteiger partial charge in [-0.2, -0.15) is 0 Å². The summed E-state index contributed by atoms with van der Waals surface area (Å²) in [7, 11) is 0. The van der Waals surface area contributed by atoms with Gasteiger partial charge in [-0.1, -0.05) is 0 Å². The van der Waals surface area contributed by atoms with Gasteiger partial charge in [0.15, 0.2) is 0 Å². The van der Waals surface area contributed by atoms with Crippen molar-refractivity contribution in [3.63, 3.8) is 0 Å². The Kier molecular flexibility index (Phi) is 3.10. The van der Waals surface area contributed by atoms with Crippen LogP contribution in [-0.4, -0.2) is 30.4 Å². The standard InChI is InChI=1S/C12H21NO3/c1-12(2,3)16-11(14)13-7-6-8-4-5-9-10(8)15-9/h8-10H,4-7H2,1-3H3,(H,13,14)/t8-,9-,10+/m1/s1. The fourth-order valence-electron chi connectivity index (χ4n) is 2.33. The lowest BCUT2D eigenvalue weighted by molar-refractivity contribution is 0.0523. The molecule has 1 saturated carbocycles. The normalized spacial score (nSPS) is 32.1. The molecule has 1 amide bonds. The van der Waals surface area contributed by atoms with E-state index in [0.717, 1.165) is 6.42 Å². The number of carbonyl (C=O) groups is 1. The van der Waals surface area contributed by atoms with Crippen molar-refractivity contribution in [2.24, 2.45) is 5.92 Å². The van der Waals surface area contributed by atoms with Crippen LogP contribution < -0.4 is 5.32 Å². The molecule has 0 aromatic carbocycles. The van der Waals surface area contributed by atoms with E-state index in [1.807, 2.05) is 20.8 Å². The average molecular weight is 227 g/mol. The Morgan fingerprint density at radius 1 is 1.44 bits per heavy atom. The van der Waals surface area contributed by atoms with Gasteiger partial charge in [0.25, 0.3) is 0 Å². The van der Waals surface area contributed by atoms with Crippen LogP contribution in [0.15, 0.2) is 0 Å². The van der Waals surface area contributed by atoms with Gasteiger partial charge in [-0.05, 0) is 46.0 Å². The van der Waals surface area contributed by atoms with Crippen molar-refractivity contribution < 1.29 is 14.3 Å². The van der Waals surface area contributed by atoms with Crippen LogP contribution in [-0.2, 0) is 9.47 Å². The van der Waals surface area contributed by atoms with Crippen molar-refractivity contribution in [3.05, 3.63) is 0 Å². The molecule has 1 N–H and O–H groups in total. The van der Waals surface area contributed by atoms with Crippen molar-refractivity contribution in [2.75, 3.05) is 6.54 Å². The van der Waals surface area contributed by atoms with Gasteiger partial charge in [-0.25, -0.2) is 4.79 Å². The quantitative estimate of drug-likeness (QED) is 0.751. The molecule has 4 nitrogen and oxygen atoms in total. The largest absolute Gasteiger partial charge is 0.444 e. The van der Waals surface area contributed by atoms with E-state index in [4.69, 9.17) is 9.47 Å². The average Bonchev–Trinajstić information content (AvgIpc) is 2.80. The van der Waals surface area contributed by atoms with Crippen molar-refractivity contribution >= 4 is 6.09 Å². The van der Waals surface area contributed by atoms with E-state index in [1.165, 1.54) is 12.8 Å². The van der Waals surface area contributed by atoms with Crippen LogP contribution in [0.1, 0.15) is 40.0 Å². The summed E-state index contributed by atoms with van der Waals surface area (Å²) >= 11 is 0. The second-order valence-electron chi connectivity index (χ2n) is 5.69. The van der Waals surface area contributed by atoms with Gasteiger partial charge in [-0.3, -0.25) is 0 Å². The second-order valence-corrected chi connectivity index (χ2v) is 5.69. The highest BCUT2D eigenvalue weighted by atomic mass is 16.6.